The van der Waals surface area contributed by atoms with Crippen molar-refractivity contribution in [2.24, 2.45) is 0 Å². The number of carbonyl (C=O) groups excluding carboxylic acids is 1. The predicted molar refractivity (Wildman–Crippen MR) is 95.8 cm³/mol. The van der Waals surface area contributed by atoms with E-state index in [-0.39, 0.29) is 11.5 Å². The highest BCUT2D eigenvalue weighted by Gasteiger charge is 2.09. The Labute approximate surface area is 140 Å². The molecule has 0 atom stereocenters. The predicted octanol–water partition coefficient (Wildman–Crippen LogP) is 4.06. The van der Waals surface area contributed by atoms with Crippen molar-refractivity contribution in [1.82, 2.24) is 5.32 Å². The number of fused-ring (bicyclic) bond motifs is 1. The van der Waals surface area contributed by atoms with Crippen LogP contribution in [0.1, 0.15) is 11.1 Å². The summed E-state index contributed by atoms with van der Waals surface area (Å²) in [6.07, 6.45) is 1.64. The number of carbonyl (C=O) groups is 1. The van der Waals surface area contributed by atoms with Gasteiger partial charge in [-0.15, -0.1) is 0 Å². The first-order valence-electron chi connectivity index (χ1n) is 7.69. The molecule has 116 valence electrons. The minimum absolute atomic E-state index is 0.0993. The van der Waals surface area contributed by atoms with E-state index in [0.717, 1.165) is 21.9 Å². The van der Waals surface area contributed by atoms with E-state index in [9.17, 15) is 10.1 Å². The van der Waals surface area contributed by atoms with Crippen LogP contribution in [0.2, 0.25) is 0 Å². The minimum atomic E-state index is -0.366. The van der Waals surface area contributed by atoms with Crippen LogP contribution in [0.15, 0.2) is 78.4 Å². The number of benzene rings is 3. The molecule has 1 amide bonds. The van der Waals surface area contributed by atoms with E-state index in [1.54, 1.807) is 6.08 Å². The molecule has 1 N–H and O–H groups in total. The van der Waals surface area contributed by atoms with Crippen LogP contribution >= 0.6 is 0 Å². The number of nitrogens with zero attached hydrogens (tertiary/aromatic N) is 1. The lowest BCUT2D eigenvalue weighted by Crippen LogP contribution is -2.23. The van der Waals surface area contributed by atoms with Gasteiger partial charge in [-0.1, -0.05) is 72.8 Å². The lowest BCUT2D eigenvalue weighted by molar-refractivity contribution is -0.117. The fourth-order valence-electron chi connectivity index (χ4n) is 2.55. The van der Waals surface area contributed by atoms with Crippen LogP contribution in [0.3, 0.4) is 0 Å². The smallest absolute Gasteiger partial charge is 0.262 e. The zero-order chi connectivity index (χ0) is 16.8. The van der Waals surface area contributed by atoms with Crippen LogP contribution < -0.4 is 5.32 Å². The molecule has 0 heterocycles. The Morgan fingerprint density at radius 1 is 0.958 bits per heavy atom. The monoisotopic (exact) mass is 312 g/mol. The second kappa shape index (κ2) is 7.26. The molecule has 0 aliphatic heterocycles. The molecule has 3 rings (SSSR count). The molecule has 0 saturated carbocycles. The van der Waals surface area contributed by atoms with Crippen molar-refractivity contribution in [2.75, 3.05) is 0 Å². The number of rotatable bonds is 4. The Morgan fingerprint density at radius 2 is 1.67 bits per heavy atom. The third-order valence-electron chi connectivity index (χ3n) is 3.78. The van der Waals surface area contributed by atoms with Gasteiger partial charge in [-0.3, -0.25) is 4.79 Å². The average Bonchev–Trinajstić information content (AvgIpc) is 2.65. The molecule has 0 aliphatic rings. The molecule has 0 aliphatic carbocycles. The van der Waals surface area contributed by atoms with Gasteiger partial charge in [-0.2, -0.15) is 5.26 Å². The maximum atomic E-state index is 12.3. The van der Waals surface area contributed by atoms with Crippen molar-refractivity contribution >= 4 is 22.8 Å². The highest BCUT2D eigenvalue weighted by molar-refractivity contribution is 6.04. The fourth-order valence-corrected chi connectivity index (χ4v) is 2.55. The molecular formula is C21H16N2O. The zero-order valence-corrected chi connectivity index (χ0v) is 13.1. The van der Waals surface area contributed by atoms with Crippen LogP contribution in [-0.2, 0) is 11.3 Å². The van der Waals surface area contributed by atoms with Crippen molar-refractivity contribution in [3.8, 4) is 6.07 Å². The van der Waals surface area contributed by atoms with Gasteiger partial charge in [0.15, 0.2) is 0 Å². The molecule has 0 fully saturated rings. The molecule has 3 heteroatoms. The van der Waals surface area contributed by atoms with E-state index in [2.05, 4.69) is 5.32 Å². The van der Waals surface area contributed by atoms with Gasteiger partial charge in [0.05, 0.1) is 0 Å². The topological polar surface area (TPSA) is 52.9 Å². The first-order valence-corrected chi connectivity index (χ1v) is 7.69. The summed E-state index contributed by atoms with van der Waals surface area (Å²) in [5, 5.41) is 14.2. The van der Waals surface area contributed by atoms with Crippen LogP contribution in [0.4, 0.5) is 0 Å². The molecule has 0 aromatic heterocycles. The molecular weight excluding hydrogens is 296 g/mol. The number of amides is 1. The zero-order valence-electron chi connectivity index (χ0n) is 13.1. The first kappa shape index (κ1) is 15.5. The van der Waals surface area contributed by atoms with Crippen LogP contribution in [0.5, 0.6) is 0 Å². The molecule has 3 nitrogen and oxygen atoms in total. The maximum absolute atomic E-state index is 12.3. The SMILES string of the molecule is N#C/C(=C\c1cccc2ccccc12)C(=O)NCc1ccccc1. The van der Waals surface area contributed by atoms with E-state index in [0.29, 0.717) is 6.54 Å². The maximum Gasteiger partial charge on any atom is 0.262 e. The second-order valence-corrected chi connectivity index (χ2v) is 5.41. The lowest BCUT2D eigenvalue weighted by Gasteiger charge is -2.06. The summed E-state index contributed by atoms with van der Waals surface area (Å²) >= 11 is 0. The average molecular weight is 312 g/mol. The summed E-state index contributed by atoms with van der Waals surface area (Å²) in [6.45, 7) is 0.397. The highest BCUT2D eigenvalue weighted by atomic mass is 16.1. The molecule has 24 heavy (non-hydrogen) atoms. The van der Waals surface area contributed by atoms with Crippen LogP contribution in [-0.4, -0.2) is 5.91 Å². The Balaban J connectivity index is 1.83. The Bertz CT molecular complexity index is 931. The van der Waals surface area contributed by atoms with E-state index in [1.807, 2.05) is 78.9 Å². The van der Waals surface area contributed by atoms with Crippen molar-refractivity contribution in [3.63, 3.8) is 0 Å². The van der Waals surface area contributed by atoms with Gasteiger partial charge in [-0.05, 0) is 28.0 Å². The summed E-state index contributed by atoms with van der Waals surface area (Å²) in [4.78, 5) is 12.3. The summed E-state index contributed by atoms with van der Waals surface area (Å²) in [7, 11) is 0. The van der Waals surface area contributed by atoms with Crippen LogP contribution in [0.25, 0.3) is 16.8 Å². The Kier molecular flexibility index (Phi) is 4.69. The normalized spacial score (nSPS) is 11.0. The van der Waals surface area contributed by atoms with Gasteiger partial charge in [0.1, 0.15) is 11.6 Å². The Morgan fingerprint density at radius 3 is 2.46 bits per heavy atom. The third-order valence-corrected chi connectivity index (χ3v) is 3.78. The van der Waals surface area contributed by atoms with Crippen molar-refractivity contribution in [2.45, 2.75) is 6.54 Å². The van der Waals surface area contributed by atoms with Gasteiger partial charge in [0, 0.05) is 6.54 Å². The lowest BCUT2D eigenvalue weighted by atomic mass is 10.0. The van der Waals surface area contributed by atoms with Gasteiger partial charge >= 0.3 is 0 Å². The minimum Gasteiger partial charge on any atom is -0.347 e. The van der Waals surface area contributed by atoms with E-state index >= 15 is 0 Å². The molecule has 3 aromatic carbocycles. The van der Waals surface area contributed by atoms with E-state index < -0.39 is 0 Å². The summed E-state index contributed by atoms with van der Waals surface area (Å²) < 4.78 is 0. The van der Waals surface area contributed by atoms with Gasteiger partial charge in [0.2, 0.25) is 0 Å². The van der Waals surface area contributed by atoms with Gasteiger partial charge in [0.25, 0.3) is 5.91 Å². The van der Waals surface area contributed by atoms with Crippen molar-refractivity contribution < 1.29 is 4.79 Å². The largest absolute Gasteiger partial charge is 0.347 e. The number of nitriles is 1. The molecule has 0 bridgehead atoms. The van der Waals surface area contributed by atoms with Gasteiger partial charge < -0.3 is 5.32 Å². The Hall–Kier alpha value is -3.38. The quantitative estimate of drug-likeness (QED) is 0.583. The number of hydrogen-bond acceptors (Lipinski definition) is 2. The fraction of sp³-hybridized carbons (Fsp3) is 0.0476. The second-order valence-electron chi connectivity index (χ2n) is 5.41. The summed E-state index contributed by atoms with van der Waals surface area (Å²) in [6, 6.07) is 25.4. The molecule has 0 saturated heterocycles. The van der Waals surface area contributed by atoms with Crippen molar-refractivity contribution in [3.05, 3.63) is 89.5 Å². The van der Waals surface area contributed by atoms with Gasteiger partial charge in [-0.25, -0.2) is 0 Å². The molecule has 0 spiro atoms. The molecule has 3 aromatic rings. The number of hydrogen-bond donors (Lipinski definition) is 1. The first-order chi connectivity index (χ1) is 11.8. The number of nitrogens with one attached hydrogen (secondary N) is 1. The summed E-state index contributed by atoms with van der Waals surface area (Å²) in [5.41, 5.74) is 1.95. The van der Waals surface area contributed by atoms with Crippen LogP contribution in [0, 0.1) is 11.3 Å². The van der Waals surface area contributed by atoms with E-state index in [1.165, 1.54) is 0 Å². The third kappa shape index (κ3) is 3.50. The molecule has 0 unspecified atom stereocenters. The van der Waals surface area contributed by atoms with Crippen molar-refractivity contribution in [1.29, 1.82) is 5.26 Å². The molecule has 0 radical (unpaired) electrons. The highest BCUT2D eigenvalue weighted by Crippen LogP contribution is 2.20. The van der Waals surface area contributed by atoms with E-state index in [4.69, 9.17) is 0 Å². The summed E-state index contributed by atoms with van der Waals surface area (Å²) in [5.74, 6) is -0.366. The standard InChI is InChI=1S/C21H16N2O/c22-14-19(21(24)23-15-16-7-2-1-3-8-16)13-18-11-6-10-17-9-4-5-12-20(17)18/h1-13H,15H2,(H,23,24)/b19-13+.